The number of hydrogen-bond donors (Lipinski definition) is 1. The molecule has 1 unspecified atom stereocenters. The van der Waals surface area contributed by atoms with Gasteiger partial charge < -0.3 is 14.6 Å². The smallest absolute Gasteiger partial charge is 0.302 e. The number of aliphatic hydroxyl groups is 1. The van der Waals surface area contributed by atoms with E-state index in [0.29, 0.717) is 6.42 Å². The second kappa shape index (κ2) is 6.40. The van der Waals surface area contributed by atoms with E-state index in [1.165, 1.54) is 6.92 Å². The van der Waals surface area contributed by atoms with Crippen molar-refractivity contribution in [2.45, 2.75) is 20.3 Å². The van der Waals surface area contributed by atoms with E-state index >= 15 is 0 Å². The quantitative estimate of drug-likeness (QED) is 0.784. The Kier molecular flexibility index (Phi) is 5.16. The lowest BCUT2D eigenvalue weighted by Gasteiger charge is -2.26. The summed E-state index contributed by atoms with van der Waals surface area (Å²) in [6.07, 6.45) is 0.640. The van der Waals surface area contributed by atoms with Crippen LogP contribution in [0.1, 0.15) is 19.4 Å². The number of carbonyl (C=O) groups excluding carboxylic acids is 1. The van der Waals surface area contributed by atoms with Gasteiger partial charge in [0, 0.05) is 12.3 Å². The summed E-state index contributed by atoms with van der Waals surface area (Å²) in [4.78, 5) is 10.8. The fourth-order valence-corrected chi connectivity index (χ4v) is 1.66. The maximum Gasteiger partial charge on any atom is 0.302 e. The first-order valence-corrected chi connectivity index (χ1v) is 5.86. The summed E-state index contributed by atoms with van der Waals surface area (Å²) in [6, 6.07) is 7.64. The first-order chi connectivity index (χ1) is 8.49. The van der Waals surface area contributed by atoms with Gasteiger partial charge in [0.1, 0.15) is 5.75 Å². The molecule has 100 valence electrons. The second-order valence-electron chi connectivity index (χ2n) is 4.77. The van der Waals surface area contributed by atoms with Crippen LogP contribution >= 0.6 is 0 Å². The monoisotopic (exact) mass is 252 g/mol. The van der Waals surface area contributed by atoms with E-state index in [4.69, 9.17) is 9.47 Å². The van der Waals surface area contributed by atoms with Crippen molar-refractivity contribution >= 4 is 5.97 Å². The molecule has 1 aromatic rings. The van der Waals surface area contributed by atoms with E-state index in [0.717, 1.165) is 11.3 Å². The molecule has 0 heterocycles. The Bertz CT molecular complexity index is 385. The van der Waals surface area contributed by atoms with Gasteiger partial charge in [-0.1, -0.05) is 19.1 Å². The molecule has 1 atom stereocenters. The van der Waals surface area contributed by atoms with Crippen molar-refractivity contribution in [3.8, 4) is 5.75 Å². The van der Waals surface area contributed by atoms with Crippen LogP contribution in [0.5, 0.6) is 5.75 Å². The normalized spacial score (nSPS) is 13.8. The topological polar surface area (TPSA) is 55.8 Å². The largest absolute Gasteiger partial charge is 0.497 e. The number of ether oxygens (including phenoxy) is 2. The Morgan fingerprint density at radius 1 is 1.33 bits per heavy atom. The molecule has 0 spiro atoms. The molecule has 0 aromatic heterocycles. The predicted octanol–water partition coefficient (Wildman–Crippen LogP) is 1.80. The van der Waals surface area contributed by atoms with Crippen molar-refractivity contribution in [1.29, 1.82) is 0 Å². The van der Waals surface area contributed by atoms with E-state index in [-0.39, 0.29) is 19.2 Å². The minimum Gasteiger partial charge on any atom is -0.497 e. The van der Waals surface area contributed by atoms with Gasteiger partial charge in [-0.15, -0.1) is 0 Å². The maximum atomic E-state index is 10.8. The number of hydrogen-bond acceptors (Lipinski definition) is 4. The van der Waals surface area contributed by atoms with Crippen molar-refractivity contribution in [2.24, 2.45) is 5.41 Å². The van der Waals surface area contributed by atoms with Gasteiger partial charge >= 0.3 is 5.97 Å². The Morgan fingerprint density at radius 3 is 2.39 bits per heavy atom. The molecular weight excluding hydrogens is 232 g/mol. The molecule has 0 aliphatic heterocycles. The van der Waals surface area contributed by atoms with Crippen LogP contribution in [0.4, 0.5) is 0 Å². The Labute approximate surface area is 108 Å². The lowest BCUT2D eigenvalue weighted by molar-refractivity contribution is -0.145. The van der Waals surface area contributed by atoms with Gasteiger partial charge in [-0.05, 0) is 24.1 Å². The summed E-state index contributed by atoms with van der Waals surface area (Å²) >= 11 is 0. The molecule has 0 aliphatic carbocycles. The third-order valence-electron chi connectivity index (χ3n) is 2.80. The van der Waals surface area contributed by atoms with E-state index in [1.54, 1.807) is 7.11 Å². The zero-order valence-corrected chi connectivity index (χ0v) is 11.1. The van der Waals surface area contributed by atoms with Crippen molar-refractivity contribution in [3.63, 3.8) is 0 Å². The standard InChI is InChI=1S/C14H20O4/c1-11(16)18-10-14(2,9-15)8-12-4-6-13(17-3)7-5-12/h4-7,15H,8-10H2,1-3H3. The van der Waals surface area contributed by atoms with Crippen LogP contribution < -0.4 is 4.74 Å². The highest BCUT2D eigenvalue weighted by Gasteiger charge is 2.25. The van der Waals surface area contributed by atoms with Crippen LogP contribution in [-0.4, -0.2) is 31.4 Å². The van der Waals surface area contributed by atoms with Crippen LogP contribution in [0.3, 0.4) is 0 Å². The summed E-state index contributed by atoms with van der Waals surface area (Å²) < 4.78 is 10.1. The molecule has 0 saturated carbocycles. The fourth-order valence-electron chi connectivity index (χ4n) is 1.66. The fraction of sp³-hybridized carbons (Fsp3) is 0.500. The number of carbonyl (C=O) groups is 1. The average molecular weight is 252 g/mol. The first-order valence-electron chi connectivity index (χ1n) is 5.86. The summed E-state index contributed by atoms with van der Waals surface area (Å²) in [7, 11) is 1.62. The van der Waals surface area contributed by atoms with Crippen molar-refractivity contribution < 1.29 is 19.4 Å². The lowest BCUT2D eigenvalue weighted by Crippen LogP contribution is -2.31. The molecule has 1 N–H and O–H groups in total. The summed E-state index contributed by atoms with van der Waals surface area (Å²) in [6.45, 7) is 3.43. The van der Waals surface area contributed by atoms with E-state index in [1.807, 2.05) is 31.2 Å². The second-order valence-corrected chi connectivity index (χ2v) is 4.77. The third-order valence-corrected chi connectivity index (χ3v) is 2.80. The summed E-state index contributed by atoms with van der Waals surface area (Å²) in [5.74, 6) is 0.467. The summed E-state index contributed by atoms with van der Waals surface area (Å²) in [5.41, 5.74) is 0.611. The van der Waals surface area contributed by atoms with E-state index in [9.17, 15) is 9.90 Å². The van der Waals surface area contributed by atoms with Crippen LogP contribution in [0, 0.1) is 5.41 Å². The van der Waals surface area contributed by atoms with Crippen LogP contribution in [-0.2, 0) is 16.0 Å². The maximum absolute atomic E-state index is 10.8. The van der Waals surface area contributed by atoms with Crippen LogP contribution in [0.2, 0.25) is 0 Å². The Morgan fingerprint density at radius 2 is 1.94 bits per heavy atom. The molecule has 0 radical (unpaired) electrons. The highest BCUT2D eigenvalue weighted by molar-refractivity contribution is 5.65. The molecule has 0 saturated heterocycles. The zero-order chi connectivity index (χ0) is 13.6. The zero-order valence-electron chi connectivity index (χ0n) is 11.1. The SMILES string of the molecule is COc1ccc(CC(C)(CO)COC(C)=O)cc1. The highest BCUT2D eigenvalue weighted by Crippen LogP contribution is 2.24. The van der Waals surface area contributed by atoms with Gasteiger partial charge in [0.25, 0.3) is 0 Å². The third kappa shape index (κ3) is 4.37. The number of methoxy groups -OCH3 is 1. The number of esters is 1. The van der Waals surface area contributed by atoms with Gasteiger partial charge in [0.2, 0.25) is 0 Å². The van der Waals surface area contributed by atoms with Crippen molar-refractivity contribution in [3.05, 3.63) is 29.8 Å². The molecule has 4 nitrogen and oxygen atoms in total. The Hall–Kier alpha value is -1.55. The van der Waals surface area contributed by atoms with Gasteiger partial charge in [0.15, 0.2) is 0 Å². The van der Waals surface area contributed by atoms with Crippen LogP contribution in [0.15, 0.2) is 24.3 Å². The molecule has 1 aromatic carbocycles. The minimum atomic E-state index is -0.458. The Balaban J connectivity index is 2.68. The van der Waals surface area contributed by atoms with E-state index < -0.39 is 5.41 Å². The van der Waals surface area contributed by atoms with Crippen molar-refractivity contribution in [1.82, 2.24) is 0 Å². The van der Waals surface area contributed by atoms with Crippen LogP contribution in [0.25, 0.3) is 0 Å². The molecule has 18 heavy (non-hydrogen) atoms. The minimum absolute atomic E-state index is 0.0354. The van der Waals surface area contributed by atoms with Gasteiger partial charge in [0.05, 0.1) is 20.3 Å². The molecule has 0 fully saturated rings. The summed E-state index contributed by atoms with van der Waals surface area (Å²) in [5, 5.41) is 9.44. The van der Waals surface area contributed by atoms with Gasteiger partial charge in [-0.2, -0.15) is 0 Å². The van der Waals surface area contributed by atoms with Gasteiger partial charge in [-0.3, -0.25) is 4.79 Å². The highest BCUT2D eigenvalue weighted by atomic mass is 16.5. The molecule has 0 aliphatic rings. The number of benzene rings is 1. The number of rotatable bonds is 6. The molecule has 0 amide bonds. The van der Waals surface area contributed by atoms with Gasteiger partial charge in [-0.25, -0.2) is 0 Å². The molecule has 0 bridgehead atoms. The van der Waals surface area contributed by atoms with Crippen molar-refractivity contribution in [2.75, 3.05) is 20.3 Å². The molecule has 4 heteroatoms. The first kappa shape index (κ1) is 14.5. The predicted molar refractivity (Wildman–Crippen MR) is 68.5 cm³/mol. The molecular formula is C14H20O4. The molecule has 1 rings (SSSR count). The number of aliphatic hydroxyl groups excluding tert-OH is 1. The average Bonchev–Trinajstić information content (AvgIpc) is 2.37. The van der Waals surface area contributed by atoms with E-state index in [2.05, 4.69) is 0 Å². The lowest BCUT2D eigenvalue weighted by atomic mass is 9.85.